The molecule has 2 N–H and O–H groups in total. The van der Waals surface area contributed by atoms with Crippen LogP contribution in [-0.4, -0.2) is 34.1 Å². The van der Waals surface area contributed by atoms with Gasteiger partial charge in [-0.15, -0.1) is 0 Å². The number of carbonyl (C=O) groups is 1. The predicted molar refractivity (Wildman–Crippen MR) is 69.4 cm³/mol. The molecule has 0 aromatic carbocycles. The molecule has 6 heteroatoms. The highest BCUT2D eigenvalue weighted by Crippen LogP contribution is 2.38. The highest BCUT2D eigenvalue weighted by Gasteiger charge is 2.41. The van der Waals surface area contributed by atoms with Gasteiger partial charge in [-0.3, -0.25) is 9.59 Å². The molecule has 102 valence electrons. The molecule has 1 atom stereocenters. The van der Waals surface area contributed by atoms with Crippen molar-refractivity contribution in [2.24, 2.45) is 5.41 Å². The Morgan fingerprint density at radius 3 is 2.89 bits per heavy atom. The van der Waals surface area contributed by atoms with Crippen LogP contribution in [0.1, 0.15) is 37.9 Å². The quantitative estimate of drug-likeness (QED) is 0.848. The summed E-state index contributed by atoms with van der Waals surface area (Å²) >= 11 is 0. The Morgan fingerprint density at radius 2 is 2.32 bits per heavy atom. The number of carboxylic acids is 1. The molecule has 0 radical (unpaired) electrons. The van der Waals surface area contributed by atoms with E-state index in [9.17, 15) is 14.7 Å². The number of rotatable bonds is 3. The second-order valence-electron chi connectivity index (χ2n) is 5.80. The zero-order chi connectivity index (χ0) is 13.6. The number of aromatic nitrogens is 2. The van der Waals surface area contributed by atoms with Crippen LogP contribution in [0.25, 0.3) is 0 Å². The van der Waals surface area contributed by atoms with Gasteiger partial charge in [0.15, 0.2) is 0 Å². The van der Waals surface area contributed by atoms with Gasteiger partial charge in [-0.2, -0.15) is 0 Å². The second-order valence-corrected chi connectivity index (χ2v) is 5.80. The van der Waals surface area contributed by atoms with E-state index in [1.165, 1.54) is 6.07 Å². The van der Waals surface area contributed by atoms with E-state index in [2.05, 4.69) is 9.97 Å². The minimum absolute atomic E-state index is 0.157. The first-order valence-corrected chi connectivity index (χ1v) is 6.57. The van der Waals surface area contributed by atoms with Crippen molar-refractivity contribution < 1.29 is 9.90 Å². The van der Waals surface area contributed by atoms with Gasteiger partial charge in [-0.05, 0) is 26.2 Å². The van der Waals surface area contributed by atoms with Gasteiger partial charge in [0.25, 0.3) is 5.56 Å². The number of aliphatic carboxylic acids is 1. The van der Waals surface area contributed by atoms with Crippen molar-refractivity contribution in [2.45, 2.75) is 32.1 Å². The van der Waals surface area contributed by atoms with Gasteiger partial charge < -0.3 is 15.0 Å². The van der Waals surface area contributed by atoms with Crippen LogP contribution < -0.4 is 10.5 Å². The Labute approximate surface area is 110 Å². The van der Waals surface area contributed by atoms with Gasteiger partial charge >= 0.3 is 5.97 Å². The van der Waals surface area contributed by atoms with Gasteiger partial charge in [-0.25, -0.2) is 4.98 Å². The molecule has 1 saturated carbocycles. The summed E-state index contributed by atoms with van der Waals surface area (Å²) < 4.78 is 0. The first-order valence-electron chi connectivity index (χ1n) is 6.57. The normalized spacial score (nSPS) is 26.7. The van der Waals surface area contributed by atoms with E-state index in [1.807, 2.05) is 4.90 Å². The fourth-order valence-corrected chi connectivity index (χ4v) is 2.51. The van der Waals surface area contributed by atoms with Crippen LogP contribution in [-0.2, 0) is 4.79 Å². The van der Waals surface area contributed by atoms with Crippen molar-refractivity contribution in [3.63, 3.8) is 0 Å². The molecule has 3 rings (SSSR count). The summed E-state index contributed by atoms with van der Waals surface area (Å²) in [5.41, 5.74) is -0.903. The lowest BCUT2D eigenvalue weighted by molar-refractivity contribution is -0.146. The first-order chi connectivity index (χ1) is 8.98. The highest BCUT2D eigenvalue weighted by atomic mass is 16.4. The lowest BCUT2D eigenvalue weighted by Crippen LogP contribution is -2.32. The largest absolute Gasteiger partial charge is 0.481 e. The molecule has 0 amide bonds. The first kappa shape index (κ1) is 12.2. The van der Waals surface area contributed by atoms with Crippen LogP contribution in [0.15, 0.2) is 10.9 Å². The van der Waals surface area contributed by atoms with E-state index >= 15 is 0 Å². The summed E-state index contributed by atoms with van der Waals surface area (Å²) in [6, 6.07) is 1.46. The molecule has 0 bridgehead atoms. The van der Waals surface area contributed by atoms with Crippen LogP contribution in [0.3, 0.4) is 0 Å². The molecule has 1 aromatic heterocycles. The minimum atomic E-state index is -0.790. The standard InChI is InChI=1S/C13H17N3O3/c1-13(12(18)19)4-5-16(7-13)9-6-10(17)15-11(14-9)8-2-3-8/h6,8H,2-5,7H2,1H3,(H,18,19)(H,14,15,17). The average Bonchev–Trinajstić information content (AvgIpc) is 3.12. The summed E-state index contributed by atoms with van der Waals surface area (Å²) in [4.78, 5) is 32.0. The van der Waals surface area contributed by atoms with Crippen LogP contribution >= 0.6 is 0 Å². The van der Waals surface area contributed by atoms with Gasteiger partial charge in [0, 0.05) is 25.1 Å². The van der Waals surface area contributed by atoms with Crippen LogP contribution in [0.4, 0.5) is 5.82 Å². The third-order valence-electron chi connectivity index (χ3n) is 4.02. The van der Waals surface area contributed by atoms with Crippen molar-refractivity contribution in [3.05, 3.63) is 22.2 Å². The van der Waals surface area contributed by atoms with Crippen LogP contribution in [0, 0.1) is 5.41 Å². The van der Waals surface area contributed by atoms with E-state index in [0.29, 0.717) is 31.2 Å². The summed E-state index contributed by atoms with van der Waals surface area (Å²) in [7, 11) is 0. The zero-order valence-electron chi connectivity index (χ0n) is 10.8. The number of anilines is 1. The van der Waals surface area contributed by atoms with Crippen LogP contribution in [0.5, 0.6) is 0 Å². The predicted octanol–water partition coefficient (Wildman–Crippen LogP) is 0.948. The molecule has 1 aromatic rings. The van der Waals surface area contributed by atoms with Gasteiger partial charge in [0.05, 0.1) is 5.41 Å². The molecule has 2 heterocycles. The molecule has 0 spiro atoms. The Kier molecular flexibility index (Phi) is 2.62. The van der Waals surface area contributed by atoms with E-state index < -0.39 is 11.4 Å². The van der Waals surface area contributed by atoms with Crippen LogP contribution in [0.2, 0.25) is 0 Å². The Bertz CT molecular complexity index is 579. The van der Waals surface area contributed by atoms with Gasteiger partial charge in [0.1, 0.15) is 11.6 Å². The molecule has 2 aliphatic rings. The number of nitrogens with zero attached hydrogens (tertiary/aromatic N) is 2. The molecular weight excluding hydrogens is 246 g/mol. The van der Waals surface area contributed by atoms with E-state index in [-0.39, 0.29) is 5.56 Å². The zero-order valence-corrected chi connectivity index (χ0v) is 10.8. The third kappa shape index (κ3) is 2.22. The summed E-state index contributed by atoms with van der Waals surface area (Å²) in [5.74, 6) is 0.936. The molecular formula is C13H17N3O3. The maximum Gasteiger partial charge on any atom is 0.311 e. The molecule has 1 unspecified atom stereocenters. The van der Waals surface area contributed by atoms with Crippen molar-refractivity contribution in [3.8, 4) is 0 Å². The number of hydrogen-bond acceptors (Lipinski definition) is 4. The molecule has 19 heavy (non-hydrogen) atoms. The summed E-state index contributed by atoms with van der Waals surface area (Å²) in [6.45, 7) is 2.77. The topological polar surface area (TPSA) is 86.3 Å². The Morgan fingerprint density at radius 1 is 1.58 bits per heavy atom. The lowest BCUT2D eigenvalue weighted by Gasteiger charge is -2.21. The van der Waals surface area contributed by atoms with Crippen molar-refractivity contribution >= 4 is 11.8 Å². The van der Waals surface area contributed by atoms with Gasteiger partial charge in [-0.1, -0.05) is 0 Å². The maximum absolute atomic E-state index is 11.7. The van der Waals surface area contributed by atoms with E-state index in [0.717, 1.165) is 18.7 Å². The van der Waals surface area contributed by atoms with Crippen molar-refractivity contribution in [1.29, 1.82) is 0 Å². The summed E-state index contributed by atoms with van der Waals surface area (Å²) in [5, 5.41) is 9.23. The number of hydrogen-bond donors (Lipinski definition) is 2. The number of aromatic amines is 1. The maximum atomic E-state index is 11.7. The SMILES string of the molecule is CC1(C(=O)O)CCN(c2cc(=O)[nH]c(C3CC3)n2)C1. The smallest absolute Gasteiger partial charge is 0.311 e. The fraction of sp³-hybridized carbons (Fsp3) is 0.615. The second kappa shape index (κ2) is 4.08. The number of H-pyrrole nitrogens is 1. The van der Waals surface area contributed by atoms with E-state index in [1.54, 1.807) is 6.92 Å². The van der Waals surface area contributed by atoms with Crippen molar-refractivity contribution in [1.82, 2.24) is 9.97 Å². The van der Waals surface area contributed by atoms with Gasteiger partial charge in [0.2, 0.25) is 0 Å². The highest BCUT2D eigenvalue weighted by molar-refractivity contribution is 5.76. The monoisotopic (exact) mass is 263 g/mol. The molecule has 1 aliphatic heterocycles. The molecule has 1 aliphatic carbocycles. The number of carboxylic acid groups (broad SMARTS) is 1. The fourth-order valence-electron chi connectivity index (χ4n) is 2.51. The minimum Gasteiger partial charge on any atom is -0.481 e. The summed E-state index contributed by atoms with van der Waals surface area (Å²) in [6.07, 6.45) is 2.72. The third-order valence-corrected chi connectivity index (χ3v) is 4.02. The Balaban J connectivity index is 1.87. The van der Waals surface area contributed by atoms with E-state index in [4.69, 9.17) is 0 Å². The lowest BCUT2D eigenvalue weighted by atomic mass is 9.90. The Hall–Kier alpha value is -1.85. The molecule has 2 fully saturated rings. The van der Waals surface area contributed by atoms with Crippen molar-refractivity contribution in [2.75, 3.05) is 18.0 Å². The molecule has 6 nitrogen and oxygen atoms in total. The molecule has 1 saturated heterocycles. The average molecular weight is 263 g/mol. The number of nitrogens with one attached hydrogen (secondary N) is 1.